The molecule has 1 saturated carbocycles. The number of aromatic nitrogens is 2. The number of rotatable bonds is 4. The Balaban J connectivity index is 1.32. The summed E-state index contributed by atoms with van der Waals surface area (Å²) in [5.41, 5.74) is 0. The fourth-order valence-corrected chi connectivity index (χ4v) is 3.31. The van der Waals surface area contributed by atoms with Crippen LogP contribution >= 0.6 is 0 Å². The number of carbonyl (C=O) groups excluding carboxylic acids is 1. The van der Waals surface area contributed by atoms with Gasteiger partial charge in [0, 0.05) is 32.0 Å². The van der Waals surface area contributed by atoms with Crippen LogP contribution in [0.1, 0.15) is 43.3 Å². The first-order valence-corrected chi connectivity index (χ1v) is 8.25. The first-order valence-electron chi connectivity index (χ1n) is 8.25. The van der Waals surface area contributed by atoms with Gasteiger partial charge >= 0.3 is 5.97 Å². The Hall–Kier alpha value is -1.47. The largest absolute Gasteiger partial charge is 0.464 e. The van der Waals surface area contributed by atoms with E-state index in [4.69, 9.17) is 9.26 Å². The predicted octanol–water partition coefficient (Wildman–Crippen LogP) is 0.770. The van der Waals surface area contributed by atoms with Crippen LogP contribution in [-0.2, 0) is 16.1 Å². The molecule has 0 bridgehead atoms. The van der Waals surface area contributed by atoms with Crippen LogP contribution in [0, 0.1) is 0 Å². The highest BCUT2D eigenvalue weighted by Gasteiger charge is 2.33. The SMILES string of the molecule is O=C1OCCC1N1CCCN(Cc2noc(C3CC3)n2)CC1. The molecule has 0 N–H and O–H groups in total. The molecule has 0 radical (unpaired) electrons. The van der Waals surface area contributed by atoms with E-state index in [9.17, 15) is 4.79 Å². The lowest BCUT2D eigenvalue weighted by molar-refractivity contribution is -0.142. The fraction of sp³-hybridized carbons (Fsp3) is 0.800. The normalized spacial score (nSPS) is 27.8. The minimum atomic E-state index is -0.0549. The van der Waals surface area contributed by atoms with E-state index in [2.05, 4.69) is 19.9 Å². The molecule has 22 heavy (non-hydrogen) atoms. The Bertz CT molecular complexity index is 543. The summed E-state index contributed by atoms with van der Waals surface area (Å²) in [5.74, 6) is 2.05. The standard InChI is InChI=1S/C15H22N4O3/c20-15-12(4-9-21-15)19-6-1-5-18(7-8-19)10-13-16-14(22-17-13)11-2-3-11/h11-12H,1-10H2. The maximum Gasteiger partial charge on any atom is 0.323 e. The van der Waals surface area contributed by atoms with Gasteiger partial charge in [0.15, 0.2) is 5.82 Å². The molecule has 0 amide bonds. The number of carbonyl (C=O) groups is 1. The van der Waals surface area contributed by atoms with Crippen molar-refractivity contribution in [3.8, 4) is 0 Å². The fourth-order valence-electron chi connectivity index (χ4n) is 3.31. The van der Waals surface area contributed by atoms with Crippen molar-refractivity contribution in [3.63, 3.8) is 0 Å². The van der Waals surface area contributed by atoms with E-state index in [0.717, 1.165) is 57.3 Å². The smallest absolute Gasteiger partial charge is 0.323 e. The van der Waals surface area contributed by atoms with Gasteiger partial charge in [0.25, 0.3) is 0 Å². The second-order valence-corrected chi connectivity index (χ2v) is 6.46. The lowest BCUT2D eigenvalue weighted by Crippen LogP contribution is -2.41. The van der Waals surface area contributed by atoms with Gasteiger partial charge in [-0.15, -0.1) is 0 Å². The zero-order valence-corrected chi connectivity index (χ0v) is 12.7. The summed E-state index contributed by atoms with van der Waals surface area (Å²) in [6.07, 6.45) is 4.24. The van der Waals surface area contributed by atoms with Gasteiger partial charge in [0.05, 0.1) is 13.2 Å². The van der Waals surface area contributed by atoms with Crippen molar-refractivity contribution in [1.29, 1.82) is 0 Å². The number of esters is 1. The molecule has 4 rings (SSSR count). The molecule has 2 saturated heterocycles. The van der Waals surface area contributed by atoms with Gasteiger partial charge in [0.1, 0.15) is 6.04 Å². The Morgan fingerprint density at radius 2 is 2.05 bits per heavy atom. The Morgan fingerprint density at radius 1 is 1.14 bits per heavy atom. The topological polar surface area (TPSA) is 71.7 Å². The molecule has 1 aliphatic carbocycles. The number of hydrogen-bond acceptors (Lipinski definition) is 7. The van der Waals surface area contributed by atoms with E-state index >= 15 is 0 Å². The van der Waals surface area contributed by atoms with Crippen LogP contribution in [0.4, 0.5) is 0 Å². The third kappa shape index (κ3) is 3.01. The van der Waals surface area contributed by atoms with Crippen molar-refractivity contribution in [2.75, 3.05) is 32.8 Å². The average Bonchev–Trinajstić information content (AvgIpc) is 3.19. The molecule has 1 aromatic rings. The van der Waals surface area contributed by atoms with Gasteiger partial charge < -0.3 is 9.26 Å². The maximum absolute atomic E-state index is 11.7. The molecule has 1 aromatic heterocycles. The predicted molar refractivity (Wildman–Crippen MR) is 77.1 cm³/mol. The summed E-state index contributed by atoms with van der Waals surface area (Å²) < 4.78 is 10.4. The van der Waals surface area contributed by atoms with E-state index < -0.39 is 0 Å². The first-order chi connectivity index (χ1) is 10.8. The number of cyclic esters (lactones) is 1. The van der Waals surface area contributed by atoms with Crippen LogP contribution in [0.3, 0.4) is 0 Å². The summed E-state index contributed by atoms with van der Waals surface area (Å²) in [6, 6.07) is -0.0356. The summed E-state index contributed by atoms with van der Waals surface area (Å²) >= 11 is 0. The molecule has 0 spiro atoms. The summed E-state index contributed by atoms with van der Waals surface area (Å²) in [4.78, 5) is 20.8. The highest BCUT2D eigenvalue weighted by atomic mass is 16.5. The molecule has 120 valence electrons. The van der Waals surface area contributed by atoms with Gasteiger partial charge in [-0.05, 0) is 25.8 Å². The molecule has 3 aliphatic rings. The molecule has 1 unspecified atom stereocenters. The van der Waals surface area contributed by atoms with Crippen molar-refractivity contribution < 1.29 is 14.1 Å². The second-order valence-electron chi connectivity index (χ2n) is 6.46. The average molecular weight is 306 g/mol. The molecule has 3 fully saturated rings. The Morgan fingerprint density at radius 3 is 2.82 bits per heavy atom. The van der Waals surface area contributed by atoms with Crippen LogP contribution in [0.25, 0.3) is 0 Å². The van der Waals surface area contributed by atoms with Crippen LogP contribution in [0.5, 0.6) is 0 Å². The van der Waals surface area contributed by atoms with E-state index in [1.54, 1.807) is 0 Å². The minimum absolute atomic E-state index is 0.0356. The van der Waals surface area contributed by atoms with E-state index in [1.165, 1.54) is 12.8 Å². The molecule has 7 nitrogen and oxygen atoms in total. The third-order valence-electron chi connectivity index (χ3n) is 4.75. The van der Waals surface area contributed by atoms with Crippen molar-refractivity contribution >= 4 is 5.97 Å². The van der Waals surface area contributed by atoms with E-state index in [-0.39, 0.29) is 12.0 Å². The molecule has 7 heteroatoms. The van der Waals surface area contributed by atoms with Crippen LogP contribution < -0.4 is 0 Å². The Kier molecular flexibility index (Phi) is 3.83. The third-order valence-corrected chi connectivity index (χ3v) is 4.75. The van der Waals surface area contributed by atoms with E-state index in [0.29, 0.717) is 12.5 Å². The molecule has 2 aliphatic heterocycles. The molecular formula is C15H22N4O3. The van der Waals surface area contributed by atoms with Crippen molar-refractivity contribution in [1.82, 2.24) is 19.9 Å². The highest BCUT2D eigenvalue weighted by molar-refractivity contribution is 5.77. The van der Waals surface area contributed by atoms with Crippen molar-refractivity contribution in [3.05, 3.63) is 11.7 Å². The lowest BCUT2D eigenvalue weighted by atomic mass is 10.2. The van der Waals surface area contributed by atoms with Gasteiger partial charge in [-0.3, -0.25) is 14.6 Å². The minimum Gasteiger partial charge on any atom is -0.464 e. The number of ether oxygens (including phenoxy) is 1. The zero-order chi connectivity index (χ0) is 14.9. The van der Waals surface area contributed by atoms with Gasteiger partial charge in [-0.25, -0.2) is 0 Å². The molecule has 0 aromatic carbocycles. The number of hydrogen-bond donors (Lipinski definition) is 0. The quantitative estimate of drug-likeness (QED) is 0.761. The van der Waals surface area contributed by atoms with Gasteiger partial charge in [0.2, 0.25) is 5.89 Å². The summed E-state index contributed by atoms with van der Waals surface area (Å²) in [5, 5.41) is 4.10. The molecular weight excluding hydrogens is 284 g/mol. The lowest BCUT2D eigenvalue weighted by Gasteiger charge is -2.24. The maximum atomic E-state index is 11.7. The van der Waals surface area contributed by atoms with Crippen LogP contribution in [0.15, 0.2) is 4.52 Å². The van der Waals surface area contributed by atoms with Gasteiger partial charge in [-0.1, -0.05) is 5.16 Å². The molecule has 1 atom stereocenters. The number of nitrogens with zero attached hydrogens (tertiary/aromatic N) is 4. The molecule has 3 heterocycles. The monoisotopic (exact) mass is 306 g/mol. The van der Waals surface area contributed by atoms with Crippen LogP contribution in [0.2, 0.25) is 0 Å². The van der Waals surface area contributed by atoms with Gasteiger partial charge in [-0.2, -0.15) is 4.98 Å². The summed E-state index contributed by atoms with van der Waals surface area (Å²) in [7, 11) is 0. The van der Waals surface area contributed by atoms with Crippen molar-refractivity contribution in [2.45, 2.75) is 44.2 Å². The Labute approximate surface area is 129 Å². The highest BCUT2D eigenvalue weighted by Crippen LogP contribution is 2.38. The van der Waals surface area contributed by atoms with Crippen LogP contribution in [-0.4, -0.2) is 64.7 Å². The zero-order valence-electron chi connectivity index (χ0n) is 12.7. The van der Waals surface area contributed by atoms with E-state index in [1.807, 2.05) is 0 Å². The summed E-state index contributed by atoms with van der Waals surface area (Å²) in [6.45, 7) is 5.08. The first kappa shape index (κ1) is 14.1. The second kappa shape index (κ2) is 5.96. The van der Waals surface area contributed by atoms with Crippen molar-refractivity contribution in [2.24, 2.45) is 0 Å².